The van der Waals surface area contributed by atoms with Crippen molar-refractivity contribution in [1.29, 1.82) is 0 Å². The van der Waals surface area contributed by atoms with Crippen molar-refractivity contribution in [2.45, 2.75) is 74.8 Å². The molecule has 2 heterocycles. The van der Waals surface area contributed by atoms with E-state index in [0.29, 0.717) is 23.4 Å². The molecule has 2 saturated heterocycles. The summed E-state index contributed by atoms with van der Waals surface area (Å²) in [5.41, 5.74) is 2.08. The van der Waals surface area contributed by atoms with E-state index in [2.05, 4.69) is 40.5 Å². The minimum atomic E-state index is -0.179. The third-order valence-corrected chi connectivity index (χ3v) is 10.6. The topological polar surface area (TPSA) is 32.3 Å². The lowest BCUT2D eigenvalue weighted by Crippen LogP contribution is -2.70. The molecule has 5 saturated carbocycles. The van der Waals surface area contributed by atoms with Gasteiger partial charge in [0.2, 0.25) is 5.91 Å². The fourth-order valence-electron chi connectivity index (χ4n) is 9.74. The lowest BCUT2D eigenvalue weighted by atomic mass is 9.38. The highest BCUT2D eigenvalue weighted by Crippen LogP contribution is 2.71. The first kappa shape index (κ1) is 18.5. The molecule has 160 valence electrons. The number of alkyl halides is 1. The van der Waals surface area contributed by atoms with E-state index in [1.54, 1.807) is 0 Å². The quantitative estimate of drug-likeness (QED) is 0.706. The van der Waals surface area contributed by atoms with Crippen LogP contribution in [0.4, 0.5) is 0 Å². The molecule has 1 amide bonds. The molecule has 8 rings (SSSR count). The van der Waals surface area contributed by atoms with Crippen molar-refractivity contribution in [1.82, 2.24) is 10.2 Å². The predicted octanol–water partition coefficient (Wildman–Crippen LogP) is 4.49. The highest BCUT2D eigenvalue weighted by Gasteiger charge is 2.73. The third-order valence-electron chi connectivity index (χ3n) is 10.4. The Kier molecular flexibility index (Phi) is 3.60. The Bertz CT molecular complexity index is 906. The molecule has 2 aliphatic heterocycles. The summed E-state index contributed by atoms with van der Waals surface area (Å²) in [5, 5.41) is 3.64. The monoisotopic (exact) mass is 424 g/mol. The van der Waals surface area contributed by atoms with Crippen molar-refractivity contribution in [3.63, 3.8) is 0 Å². The predicted molar refractivity (Wildman–Crippen MR) is 118 cm³/mol. The highest BCUT2D eigenvalue weighted by atomic mass is 35.5. The second-order valence-corrected chi connectivity index (χ2v) is 12.4. The molecule has 1 N–H and O–H groups in total. The zero-order valence-corrected chi connectivity index (χ0v) is 18.6. The Morgan fingerprint density at radius 2 is 1.97 bits per heavy atom. The van der Waals surface area contributed by atoms with Crippen molar-refractivity contribution in [2.24, 2.45) is 22.7 Å². The van der Waals surface area contributed by atoms with Crippen LogP contribution < -0.4 is 5.32 Å². The summed E-state index contributed by atoms with van der Waals surface area (Å²) >= 11 is 6.35. The van der Waals surface area contributed by atoms with Gasteiger partial charge in [0.25, 0.3) is 0 Å². The Hall–Kier alpha value is -1.06. The number of carbonyl (C=O) groups is 1. The zero-order chi connectivity index (χ0) is 20.2. The molecule has 1 aromatic carbocycles. The molecule has 7 aliphatic rings. The molecule has 7 atom stereocenters. The average Bonchev–Trinajstić information content (AvgIpc) is 3.41. The summed E-state index contributed by atoms with van der Waals surface area (Å²) in [6, 6.07) is 11.5. The first-order chi connectivity index (χ1) is 14.5. The standard InChI is InChI=1S/C26H33ClN2O/c27-8-7-23-10-18-11-24(15-23,19-4-2-1-3-5-19)17-25(12-18,16-23)22(30)28-21-14-29-9-6-20-13-26(20,21)29/h1-5,18,20-21H,6-17H2,(H,28,30)/t18?,20?,21-,23+,24+,25?,26?/m0/s1. The van der Waals surface area contributed by atoms with E-state index in [9.17, 15) is 4.79 Å². The van der Waals surface area contributed by atoms with E-state index in [-0.39, 0.29) is 16.2 Å². The zero-order valence-electron chi connectivity index (χ0n) is 17.8. The number of nitrogens with one attached hydrogen (secondary N) is 1. The minimum absolute atomic E-state index is 0.170. The smallest absolute Gasteiger partial charge is 0.226 e. The molecule has 0 aromatic heterocycles. The van der Waals surface area contributed by atoms with Crippen LogP contribution in [0.5, 0.6) is 0 Å². The van der Waals surface area contributed by atoms with Crippen LogP contribution in [0.3, 0.4) is 0 Å². The molecular formula is C26H33ClN2O. The van der Waals surface area contributed by atoms with Crippen LogP contribution in [0.15, 0.2) is 30.3 Å². The molecule has 5 aliphatic carbocycles. The third kappa shape index (κ3) is 2.24. The van der Waals surface area contributed by atoms with E-state index in [0.717, 1.165) is 44.0 Å². The van der Waals surface area contributed by atoms with E-state index < -0.39 is 0 Å². The van der Waals surface area contributed by atoms with Gasteiger partial charge < -0.3 is 5.32 Å². The van der Waals surface area contributed by atoms with E-state index in [1.807, 2.05) is 0 Å². The maximum absolute atomic E-state index is 14.0. The normalized spacial score (nSPS) is 50.0. The second kappa shape index (κ2) is 5.84. The number of amides is 1. The van der Waals surface area contributed by atoms with Gasteiger partial charge in [0, 0.05) is 18.0 Å². The van der Waals surface area contributed by atoms with Crippen molar-refractivity contribution in [2.75, 3.05) is 19.0 Å². The van der Waals surface area contributed by atoms with Crippen molar-refractivity contribution in [3.05, 3.63) is 35.9 Å². The van der Waals surface area contributed by atoms with Crippen LogP contribution in [-0.4, -0.2) is 41.4 Å². The van der Waals surface area contributed by atoms with Gasteiger partial charge in [-0.15, -0.1) is 11.6 Å². The van der Waals surface area contributed by atoms with Gasteiger partial charge in [-0.05, 0) is 92.6 Å². The molecule has 4 bridgehead atoms. The summed E-state index contributed by atoms with van der Waals surface area (Å²) in [6.45, 7) is 2.33. The van der Waals surface area contributed by atoms with Crippen molar-refractivity contribution in [3.8, 4) is 0 Å². The molecule has 4 unspecified atom stereocenters. The SMILES string of the molecule is O=C(N[C@H]1CN2CCC3CC312)C12CC3C[C@@](CCCl)(C1)C[C@](c1ccccc1)(C3)C2. The Labute approximate surface area is 184 Å². The number of benzene rings is 1. The van der Waals surface area contributed by atoms with Gasteiger partial charge in [-0.3, -0.25) is 9.69 Å². The molecule has 1 spiro atoms. The summed E-state index contributed by atoms with van der Waals surface area (Å²) in [6.07, 6.45) is 10.7. The lowest BCUT2D eigenvalue weighted by Gasteiger charge is -2.66. The summed E-state index contributed by atoms with van der Waals surface area (Å²) in [7, 11) is 0. The van der Waals surface area contributed by atoms with E-state index in [1.165, 1.54) is 44.2 Å². The van der Waals surface area contributed by atoms with Crippen LogP contribution in [0.2, 0.25) is 0 Å². The largest absolute Gasteiger partial charge is 0.350 e. The van der Waals surface area contributed by atoms with Gasteiger partial charge in [0.1, 0.15) is 0 Å². The van der Waals surface area contributed by atoms with Gasteiger partial charge in [-0.25, -0.2) is 0 Å². The van der Waals surface area contributed by atoms with E-state index >= 15 is 0 Å². The molecule has 1 aromatic rings. The van der Waals surface area contributed by atoms with Gasteiger partial charge in [-0.2, -0.15) is 0 Å². The highest BCUT2D eigenvalue weighted by molar-refractivity contribution is 6.17. The first-order valence-electron chi connectivity index (χ1n) is 12.2. The van der Waals surface area contributed by atoms with Crippen molar-refractivity contribution < 1.29 is 4.79 Å². The van der Waals surface area contributed by atoms with Gasteiger partial charge >= 0.3 is 0 Å². The van der Waals surface area contributed by atoms with Crippen LogP contribution in [0, 0.1) is 22.7 Å². The number of hydrogen-bond acceptors (Lipinski definition) is 2. The fourth-order valence-corrected chi connectivity index (χ4v) is 10.1. The van der Waals surface area contributed by atoms with Crippen LogP contribution in [0.1, 0.15) is 63.4 Å². The number of piperidine rings is 1. The second-order valence-electron chi connectivity index (χ2n) is 12.0. The van der Waals surface area contributed by atoms with E-state index in [4.69, 9.17) is 11.6 Å². The molecule has 4 heteroatoms. The molecule has 0 radical (unpaired) electrons. The number of carbonyl (C=O) groups excluding carboxylic acids is 1. The number of hydrogen-bond donors (Lipinski definition) is 1. The summed E-state index contributed by atoms with van der Waals surface area (Å²) in [4.78, 5) is 16.6. The van der Waals surface area contributed by atoms with Gasteiger partial charge in [0.05, 0.1) is 11.5 Å². The molecule has 30 heavy (non-hydrogen) atoms. The van der Waals surface area contributed by atoms with Crippen LogP contribution in [-0.2, 0) is 10.2 Å². The fraction of sp³-hybridized carbons (Fsp3) is 0.731. The Balaban J connectivity index is 1.23. The number of nitrogens with zero attached hydrogens (tertiary/aromatic N) is 1. The summed E-state index contributed by atoms with van der Waals surface area (Å²) in [5.74, 6) is 2.64. The van der Waals surface area contributed by atoms with Gasteiger partial charge in [-0.1, -0.05) is 30.3 Å². The maximum atomic E-state index is 14.0. The lowest BCUT2D eigenvalue weighted by molar-refractivity contribution is -0.165. The van der Waals surface area contributed by atoms with Crippen molar-refractivity contribution >= 4 is 17.5 Å². The maximum Gasteiger partial charge on any atom is 0.226 e. The van der Waals surface area contributed by atoms with Gasteiger partial charge in [0.15, 0.2) is 0 Å². The minimum Gasteiger partial charge on any atom is -0.350 e. The van der Waals surface area contributed by atoms with Crippen LogP contribution in [0.25, 0.3) is 0 Å². The molecule has 7 fully saturated rings. The average molecular weight is 425 g/mol. The number of halogens is 1. The first-order valence-corrected chi connectivity index (χ1v) is 12.7. The number of rotatable bonds is 5. The molecule has 3 nitrogen and oxygen atoms in total. The molecular weight excluding hydrogens is 392 g/mol. The van der Waals surface area contributed by atoms with Crippen LogP contribution >= 0.6 is 11.6 Å². The summed E-state index contributed by atoms with van der Waals surface area (Å²) < 4.78 is 0. The Morgan fingerprint density at radius 3 is 2.73 bits per heavy atom. The Morgan fingerprint density at radius 1 is 1.10 bits per heavy atom.